The molecule has 2 aliphatic heterocycles. The lowest BCUT2D eigenvalue weighted by molar-refractivity contribution is -0.169. The lowest BCUT2D eigenvalue weighted by Crippen LogP contribution is -2.47. The number of aliphatic hydroxyl groups is 1. The molecule has 3 rings (SSSR count). The molecule has 1 aromatic carbocycles. The minimum atomic E-state index is -0.545. The van der Waals surface area contributed by atoms with E-state index in [1.165, 1.54) is 16.3 Å². The van der Waals surface area contributed by atoms with Gasteiger partial charge in [-0.25, -0.2) is 5.06 Å². The number of piperazine rings is 1. The summed E-state index contributed by atoms with van der Waals surface area (Å²) < 4.78 is 0. The number of hydrogen-bond donors (Lipinski definition) is 1. The van der Waals surface area contributed by atoms with Gasteiger partial charge in [-0.05, 0) is 24.6 Å². The quantitative estimate of drug-likeness (QED) is 0.883. The van der Waals surface area contributed by atoms with Gasteiger partial charge in [-0.3, -0.25) is 14.5 Å². The number of β-amino-alcohol motifs (C(OH)–C–C–N with tert-alkyl or cyclic N) is 1. The van der Waals surface area contributed by atoms with E-state index < -0.39 is 6.10 Å². The molecule has 23 heavy (non-hydrogen) atoms. The standard InChI is InChI=1S/C17H25N3O3/c1-14-3-2-4-15(11-14)19-9-7-18(8-10-19)6-5-17(22)20-12-16(21)13-23-20/h2-4,11,16,21H,5-10,12-13H2,1H3/t16-/m0/s1. The number of carbonyl (C=O) groups excluding carboxylic acids is 1. The second-order valence-electron chi connectivity index (χ2n) is 6.32. The Morgan fingerprint density at radius 3 is 2.74 bits per heavy atom. The normalized spacial score (nSPS) is 22.6. The predicted molar refractivity (Wildman–Crippen MR) is 88.1 cm³/mol. The molecule has 0 aromatic heterocycles. The van der Waals surface area contributed by atoms with Crippen molar-refractivity contribution in [2.45, 2.75) is 19.4 Å². The number of anilines is 1. The van der Waals surface area contributed by atoms with Gasteiger partial charge in [-0.2, -0.15) is 0 Å². The molecule has 2 heterocycles. The minimum absolute atomic E-state index is 0.0392. The fourth-order valence-electron chi connectivity index (χ4n) is 3.08. The number of aliphatic hydroxyl groups excluding tert-OH is 1. The van der Waals surface area contributed by atoms with Crippen LogP contribution in [-0.2, 0) is 9.63 Å². The van der Waals surface area contributed by atoms with Crippen molar-refractivity contribution in [3.8, 4) is 0 Å². The zero-order valence-electron chi connectivity index (χ0n) is 13.6. The number of aryl methyl sites for hydroxylation is 1. The maximum atomic E-state index is 12.0. The number of rotatable bonds is 4. The fourth-order valence-corrected chi connectivity index (χ4v) is 3.08. The minimum Gasteiger partial charge on any atom is -0.389 e. The van der Waals surface area contributed by atoms with Crippen LogP contribution >= 0.6 is 0 Å². The van der Waals surface area contributed by atoms with E-state index in [2.05, 4.69) is 41.0 Å². The summed E-state index contributed by atoms with van der Waals surface area (Å²) in [5.41, 5.74) is 2.56. The molecule has 2 saturated heterocycles. The molecule has 0 bridgehead atoms. The van der Waals surface area contributed by atoms with Crippen LogP contribution in [0.1, 0.15) is 12.0 Å². The van der Waals surface area contributed by atoms with E-state index in [4.69, 9.17) is 4.84 Å². The third-order valence-corrected chi connectivity index (χ3v) is 4.46. The van der Waals surface area contributed by atoms with E-state index in [1.807, 2.05) is 0 Å². The monoisotopic (exact) mass is 319 g/mol. The molecule has 0 unspecified atom stereocenters. The molecule has 1 aromatic rings. The average Bonchev–Trinajstić information content (AvgIpc) is 3.00. The number of nitrogens with zero attached hydrogens (tertiary/aromatic N) is 3. The Morgan fingerprint density at radius 1 is 1.30 bits per heavy atom. The first-order valence-corrected chi connectivity index (χ1v) is 8.27. The lowest BCUT2D eigenvalue weighted by Gasteiger charge is -2.36. The third-order valence-electron chi connectivity index (χ3n) is 4.46. The number of benzene rings is 1. The van der Waals surface area contributed by atoms with Crippen molar-refractivity contribution in [3.05, 3.63) is 29.8 Å². The first kappa shape index (κ1) is 16.2. The van der Waals surface area contributed by atoms with Gasteiger partial charge in [0, 0.05) is 44.8 Å². The van der Waals surface area contributed by atoms with Crippen LogP contribution in [0, 0.1) is 6.92 Å². The summed E-state index contributed by atoms with van der Waals surface area (Å²) >= 11 is 0. The molecule has 1 amide bonds. The van der Waals surface area contributed by atoms with Gasteiger partial charge in [-0.1, -0.05) is 12.1 Å². The van der Waals surface area contributed by atoms with Crippen LogP contribution in [0.3, 0.4) is 0 Å². The highest BCUT2D eigenvalue weighted by atomic mass is 16.7. The molecule has 126 valence electrons. The Hall–Kier alpha value is -1.63. The van der Waals surface area contributed by atoms with Crippen LogP contribution in [0.4, 0.5) is 5.69 Å². The summed E-state index contributed by atoms with van der Waals surface area (Å²) in [7, 11) is 0. The van der Waals surface area contributed by atoms with E-state index in [0.29, 0.717) is 13.0 Å². The van der Waals surface area contributed by atoms with Crippen LogP contribution in [0.15, 0.2) is 24.3 Å². The maximum absolute atomic E-state index is 12.0. The smallest absolute Gasteiger partial charge is 0.247 e. The number of hydroxylamine groups is 2. The van der Waals surface area contributed by atoms with E-state index in [9.17, 15) is 9.90 Å². The zero-order valence-corrected chi connectivity index (χ0v) is 13.6. The largest absolute Gasteiger partial charge is 0.389 e. The van der Waals surface area contributed by atoms with E-state index in [-0.39, 0.29) is 12.5 Å². The second kappa shape index (κ2) is 7.29. The lowest BCUT2D eigenvalue weighted by atomic mass is 10.2. The van der Waals surface area contributed by atoms with Gasteiger partial charge < -0.3 is 10.0 Å². The molecular formula is C17H25N3O3. The van der Waals surface area contributed by atoms with Gasteiger partial charge in [0.2, 0.25) is 5.91 Å². The van der Waals surface area contributed by atoms with Crippen LogP contribution in [-0.4, -0.2) is 73.0 Å². The number of hydrogen-bond acceptors (Lipinski definition) is 5. The maximum Gasteiger partial charge on any atom is 0.247 e. The summed E-state index contributed by atoms with van der Waals surface area (Å²) in [6.45, 7) is 7.27. The Labute approximate surface area is 137 Å². The number of amides is 1. The van der Waals surface area contributed by atoms with Gasteiger partial charge in [0.25, 0.3) is 0 Å². The predicted octanol–water partition coefficient (Wildman–Crippen LogP) is 0.642. The fraction of sp³-hybridized carbons (Fsp3) is 0.588. The van der Waals surface area contributed by atoms with Gasteiger partial charge in [0.15, 0.2) is 0 Å². The molecule has 1 N–H and O–H groups in total. The van der Waals surface area contributed by atoms with Gasteiger partial charge in [0.05, 0.1) is 12.6 Å². The Balaban J connectivity index is 1.42. The first-order chi connectivity index (χ1) is 11.1. The molecule has 6 heteroatoms. The summed E-state index contributed by atoms with van der Waals surface area (Å²) in [6.07, 6.45) is -0.103. The molecule has 0 radical (unpaired) electrons. The highest BCUT2D eigenvalue weighted by molar-refractivity contribution is 5.75. The van der Waals surface area contributed by atoms with Crippen LogP contribution < -0.4 is 4.90 Å². The molecule has 0 saturated carbocycles. The van der Waals surface area contributed by atoms with Crippen molar-refractivity contribution in [3.63, 3.8) is 0 Å². The topological polar surface area (TPSA) is 56.2 Å². The van der Waals surface area contributed by atoms with Crippen molar-refractivity contribution < 1.29 is 14.7 Å². The molecule has 2 aliphatic rings. The summed E-state index contributed by atoms with van der Waals surface area (Å²) in [6, 6.07) is 8.58. The second-order valence-corrected chi connectivity index (χ2v) is 6.32. The highest BCUT2D eigenvalue weighted by Gasteiger charge is 2.26. The SMILES string of the molecule is Cc1cccc(N2CCN(CCC(=O)N3C[C@H](O)CO3)CC2)c1. The van der Waals surface area contributed by atoms with E-state index in [0.717, 1.165) is 32.7 Å². The Bertz CT molecular complexity index is 544. The van der Waals surface area contributed by atoms with Crippen molar-refractivity contribution in [1.82, 2.24) is 9.96 Å². The molecule has 0 spiro atoms. The van der Waals surface area contributed by atoms with Gasteiger partial charge in [0.1, 0.15) is 6.61 Å². The van der Waals surface area contributed by atoms with Crippen LogP contribution in [0.25, 0.3) is 0 Å². The van der Waals surface area contributed by atoms with Crippen LogP contribution in [0.5, 0.6) is 0 Å². The molecule has 1 atom stereocenters. The van der Waals surface area contributed by atoms with Crippen LogP contribution in [0.2, 0.25) is 0 Å². The first-order valence-electron chi connectivity index (χ1n) is 8.27. The van der Waals surface area contributed by atoms with Gasteiger partial charge in [-0.15, -0.1) is 0 Å². The molecule has 6 nitrogen and oxygen atoms in total. The van der Waals surface area contributed by atoms with E-state index in [1.54, 1.807) is 0 Å². The summed E-state index contributed by atoms with van der Waals surface area (Å²) in [5, 5.41) is 10.7. The Morgan fingerprint density at radius 2 is 2.09 bits per heavy atom. The van der Waals surface area contributed by atoms with Gasteiger partial charge >= 0.3 is 0 Å². The zero-order chi connectivity index (χ0) is 16.2. The summed E-state index contributed by atoms with van der Waals surface area (Å²) in [4.78, 5) is 21.9. The number of carbonyl (C=O) groups is 1. The summed E-state index contributed by atoms with van der Waals surface area (Å²) in [5.74, 6) is -0.0392. The van der Waals surface area contributed by atoms with Crippen molar-refractivity contribution in [2.24, 2.45) is 0 Å². The van der Waals surface area contributed by atoms with E-state index >= 15 is 0 Å². The molecule has 0 aliphatic carbocycles. The van der Waals surface area contributed by atoms with Crippen molar-refractivity contribution >= 4 is 11.6 Å². The average molecular weight is 319 g/mol. The third kappa shape index (κ3) is 4.22. The molecular weight excluding hydrogens is 294 g/mol. The van der Waals surface area contributed by atoms with Crippen molar-refractivity contribution in [2.75, 3.05) is 50.8 Å². The van der Waals surface area contributed by atoms with Crippen molar-refractivity contribution in [1.29, 1.82) is 0 Å². The molecule has 2 fully saturated rings. The highest BCUT2D eigenvalue weighted by Crippen LogP contribution is 2.18. The Kier molecular flexibility index (Phi) is 5.15.